The average molecular weight is 391 g/mol. The van der Waals surface area contributed by atoms with Crippen LogP contribution in [0.1, 0.15) is 26.7 Å². The molecule has 0 fully saturated rings. The van der Waals surface area contributed by atoms with Gasteiger partial charge in [-0.3, -0.25) is 4.79 Å². The van der Waals surface area contributed by atoms with E-state index in [1.807, 2.05) is 0 Å². The van der Waals surface area contributed by atoms with Gasteiger partial charge in [0.05, 0.1) is 4.90 Å². The van der Waals surface area contributed by atoms with E-state index in [1.165, 1.54) is 12.1 Å². The van der Waals surface area contributed by atoms with Crippen LogP contribution < -0.4 is 4.72 Å². The summed E-state index contributed by atoms with van der Waals surface area (Å²) in [5, 5.41) is 0. The molecule has 1 amide bonds. The molecule has 0 saturated carbocycles. The van der Waals surface area contributed by atoms with Crippen LogP contribution in [-0.2, 0) is 14.8 Å². The highest BCUT2D eigenvalue weighted by Crippen LogP contribution is 2.15. The van der Waals surface area contributed by atoms with Crippen LogP contribution in [0.5, 0.6) is 0 Å². The second-order valence-electron chi connectivity index (χ2n) is 5.60. The van der Waals surface area contributed by atoms with Gasteiger partial charge in [0.25, 0.3) is 0 Å². The third kappa shape index (κ3) is 6.46. The van der Waals surface area contributed by atoms with E-state index in [9.17, 15) is 13.2 Å². The van der Waals surface area contributed by atoms with Gasteiger partial charge in [0.2, 0.25) is 15.9 Å². The van der Waals surface area contributed by atoms with Gasteiger partial charge in [-0.05, 0) is 30.5 Å². The first-order valence-electron chi connectivity index (χ1n) is 7.21. The van der Waals surface area contributed by atoms with Crippen LogP contribution >= 0.6 is 15.9 Å². The standard InChI is InChI=1S/C15H23BrN2O3S/c1-12(2)8-10-18(3)15(19)7-9-17-22(20,21)14-6-4-5-13(16)11-14/h4-6,11-12,17H,7-10H2,1-3H3. The van der Waals surface area contributed by atoms with Crippen LogP contribution in [-0.4, -0.2) is 39.4 Å². The van der Waals surface area contributed by atoms with E-state index in [0.29, 0.717) is 16.9 Å². The van der Waals surface area contributed by atoms with Gasteiger partial charge in [-0.25, -0.2) is 13.1 Å². The molecule has 0 unspecified atom stereocenters. The third-order valence-electron chi connectivity index (χ3n) is 3.20. The van der Waals surface area contributed by atoms with Crippen LogP contribution in [0.15, 0.2) is 33.6 Å². The van der Waals surface area contributed by atoms with Gasteiger partial charge in [0.1, 0.15) is 0 Å². The number of benzene rings is 1. The summed E-state index contributed by atoms with van der Waals surface area (Å²) in [4.78, 5) is 13.7. The molecule has 0 bridgehead atoms. The van der Waals surface area contributed by atoms with Gasteiger partial charge in [-0.15, -0.1) is 0 Å². The predicted molar refractivity (Wildman–Crippen MR) is 91.0 cm³/mol. The van der Waals surface area contributed by atoms with Crippen LogP contribution in [0.3, 0.4) is 0 Å². The minimum Gasteiger partial charge on any atom is -0.346 e. The van der Waals surface area contributed by atoms with Crippen molar-refractivity contribution >= 4 is 31.9 Å². The summed E-state index contributed by atoms with van der Waals surface area (Å²) in [5.74, 6) is 0.475. The lowest BCUT2D eigenvalue weighted by Crippen LogP contribution is -2.33. The predicted octanol–water partition coefficient (Wildman–Crippen LogP) is 2.62. The fraction of sp³-hybridized carbons (Fsp3) is 0.533. The van der Waals surface area contributed by atoms with E-state index in [2.05, 4.69) is 34.5 Å². The Balaban J connectivity index is 2.47. The Hall–Kier alpha value is -0.920. The molecule has 0 heterocycles. The minimum atomic E-state index is -3.58. The van der Waals surface area contributed by atoms with Crippen LogP contribution in [0.2, 0.25) is 0 Å². The van der Waals surface area contributed by atoms with Crippen molar-refractivity contribution in [2.24, 2.45) is 5.92 Å². The van der Waals surface area contributed by atoms with Gasteiger partial charge in [0, 0.05) is 31.0 Å². The van der Waals surface area contributed by atoms with E-state index < -0.39 is 10.0 Å². The SMILES string of the molecule is CC(C)CCN(C)C(=O)CCNS(=O)(=O)c1cccc(Br)c1. The van der Waals surface area contributed by atoms with Crippen molar-refractivity contribution in [1.82, 2.24) is 9.62 Å². The number of carbonyl (C=O) groups excluding carboxylic acids is 1. The minimum absolute atomic E-state index is 0.0578. The van der Waals surface area contributed by atoms with E-state index in [0.717, 1.165) is 6.42 Å². The summed E-state index contributed by atoms with van der Waals surface area (Å²) < 4.78 is 27.3. The molecular formula is C15H23BrN2O3S. The normalized spacial score (nSPS) is 11.7. The number of hydrogen-bond acceptors (Lipinski definition) is 3. The number of amides is 1. The Bertz CT molecular complexity index is 603. The average Bonchev–Trinajstić information content (AvgIpc) is 2.44. The highest BCUT2D eigenvalue weighted by molar-refractivity contribution is 9.10. The van der Waals surface area contributed by atoms with Gasteiger partial charge in [-0.1, -0.05) is 35.8 Å². The van der Waals surface area contributed by atoms with Crippen molar-refractivity contribution < 1.29 is 13.2 Å². The fourth-order valence-corrected chi connectivity index (χ4v) is 3.41. The molecule has 0 aliphatic carbocycles. The zero-order valence-corrected chi connectivity index (χ0v) is 15.6. The lowest BCUT2D eigenvalue weighted by molar-refractivity contribution is -0.129. The maximum atomic E-state index is 12.1. The van der Waals surface area contributed by atoms with E-state index in [4.69, 9.17) is 0 Å². The molecule has 1 N–H and O–H groups in total. The number of nitrogens with one attached hydrogen (secondary N) is 1. The lowest BCUT2D eigenvalue weighted by atomic mass is 10.1. The number of nitrogens with zero attached hydrogens (tertiary/aromatic N) is 1. The fourth-order valence-electron chi connectivity index (χ4n) is 1.78. The van der Waals surface area contributed by atoms with Gasteiger partial charge >= 0.3 is 0 Å². The number of hydrogen-bond donors (Lipinski definition) is 1. The van der Waals surface area contributed by atoms with Gasteiger partial charge in [0.15, 0.2) is 0 Å². The van der Waals surface area contributed by atoms with E-state index >= 15 is 0 Å². The summed E-state index contributed by atoms with van der Waals surface area (Å²) >= 11 is 3.24. The van der Waals surface area contributed by atoms with E-state index in [-0.39, 0.29) is 23.8 Å². The molecule has 0 aliphatic heterocycles. The molecule has 0 aromatic heterocycles. The highest BCUT2D eigenvalue weighted by Gasteiger charge is 2.15. The summed E-state index contributed by atoms with van der Waals surface area (Å²) in [7, 11) is -1.84. The molecule has 22 heavy (non-hydrogen) atoms. The Morgan fingerprint density at radius 1 is 1.36 bits per heavy atom. The van der Waals surface area contributed by atoms with Crippen molar-refractivity contribution in [3.63, 3.8) is 0 Å². The summed E-state index contributed by atoms with van der Waals surface area (Å²) in [6, 6.07) is 6.46. The Morgan fingerprint density at radius 3 is 2.64 bits per heavy atom. The second kappa shape index (κ2) is 8.64. The van der Waals surface area contributed by atoms with Gasteiger partial charge < -0.3 is 4.90 Å². The first-order chi connectivity index (χ1) is 10.2. The Morgan fingerprint density at radius 2 is 2.05 bits per heavy atom. The summed E-state index contributed by atoms with van der Waals surface area (Å²) in [6.45, 7) is 4.99. The topological polar surface area (TPSA) is 66.5 Å². The largest absolute Gasteiger partial charge is 0.346 e. The first kappa shape index (κ1) is 19.1. The van der Waals surface area contributed by atoms with Crippen LogP contribution in [0.25, 0.3) is 0 Å². The highest BCUT2D eigenvalue weighted by atomic mass is 79.9. The molecule has 0 atom stereocenters. The molecule has 124 valence electrons. The molecule has 0 saturated heterocycles. The van der Waals surface area contributed by atoms with Crippen molar-refractivity contribution in [1.29, 1.82) is 0 Å². The molecule has 5 nitrogen and oxygen atoms in total. The smallest absolute Gasteiger partial charge is 0.240 e. The maximum absolute atomic E-state index is 12.1. The monoisotopic (exact) mass is 390 g/mol. The van der Waals surface area contributed by atoms with Gasteiger partial charge in [-0.2, -0.15) is 0 Å². The Labute approximate surface area is 141 Å². The first-order valence-corrected chi connectivity index (χ1v) is 9.49. The Kier molecular flexibility index (Phi) is 7.52. The molecule has 7 heteroatoms. The molecule has 1 aromatic rings. The second-order valence-corrected chi connectivity index (χ2v) is 8.29. The zero-order valence-electron chi connectivity index (χ0n) is 13.2. The number of halogens is 1. The number of carbonyl (C=O) groups is 1. The molecular weight excluding hydrogens is 368 g/mol. The molecule has 0 radical (unpaired) electrons. The van der Waals surface area contributed by atoms with Crippen LogP contribution in [0.4, 0.5) is 0 Å². The third-order valence-corrected chi connectivity index (χ3v) is 5.16. The quantitative estimate of drug-likeness (QED) is 0.741. The molecule has 1 aromatic carbocycles. The summed E-state index contributed by atoms with van der Waals surface area (Å²) in [6.07, 6.45) is 1.09. The lowest BCUT2D eigenvalue weighted by Gasteiger charge is -2.18. The van der Waals surface area contributed by atoms with Crippen molar-refractivity contribution in [2.45, 2.75) is 31.6 Å². The van der Waals surface area contributed by atoms with Crippen molar-refractivity contribution in [2.75, 3.05) is 20.1 Å². The summed E-state index contributed by atoms with van der Waals surface area (Å²) in [5.41, 5.74) is 0. The van der Waals surface area contributed by atoms with E-state index in [1.54, 1.807) is 24.1 Å². The zero-order chi connectivity index (χ0) is 16.8. The number of rotatable bonds is 8. The van der Waals surface area contributed by atoms with Crippen molar-refractivity contribution in [3.8, 4) is 0 Å². The molecule has 0 aliphatic rings. The maximum Gasteiger partial charge on any atom is 0.240 e. The number of sulfonamides is 1. The van der Waals surface area contributed by atoms with Crippen LogP contribution in [0, 0.1) is 5.92 Å². The van der Waals surface area contributed by atoms with Crippen molar-refractivity contribution in [3.05, 3.63) is 28.7 Å². The molecule has 0 spiro atoms. The molecule has 1 rings (SSSR count).